The van der Waals surface area contributed by atoms with Crippen LogP contribution in [0, 0.1) is 0 Å². The number of rotatable bonds is 6. The summed E-state index contributed by atoms with van der Waals surface area (Å²) in [6.45, 7) is 2.77. The summed E-state index contributed by atoms with van der Waals surface area (Å²) in [5.74, 6) is 0.759. The molecule has 2 aromatic rings. The molecule has 1 aliphatic heterocycles. The van der Waals surface area contributed by atoms with E-state index in [2.05, 4.69) is 20.3 Å². The van der Waals surface area contributed by atoms with Gasteiger partial charge in [0.15, 0.2) is 0 Å². The molecule has 1 heterocycles. The Kier molecular flexibility index (Phi) is 6.35. The Morgan fingerprint density at radius 1 is 1.21 bits per heavy atom. The Bertz CT molecular complexity index is 1010. The van der Waals surface area contributed by atoms with E-state index in [1.807, 2.05) is 29.2 Å². The minimum atomic E-state index is -3.79. The Balaban J connectivity index is 1.61. The molecule has 1 amide bonds. The van der Waals surface area contributed by atoms with Gasteiger partial charge in [0.25, 0.3) is 10.0 Å². The normalized spacial score (nSPS) is 14.5. The number of para-hydroxylation sites is 1. The average Bonchev–Trinajstić information content (AvgIpc) is 2.69. The third kappa shape index (κ3) is 5.46. The van der Waals surface area contributed by atoms with Gasteiger partial charge in [0.05, 0.1) is 25.3 Å². The maximum absolute atomic E-state index is 12.5. The van der Waals surface area contributed by atoms with Gasteiger partial charge in [-0.15, -0.1) is 0 Å². The molecule has 0 radical (unpaired) electrons. The Labute approximate surface area is 169 Å². The molecule has 0 aromatic heterocycles. The highest BCUT2D eigenvalue weighted by Gasteiger charge is 2.20. The van der Waals surface area contributed by atoms with Crippen molar-refractivity contribution < 1.29 is 17.9 Å². The summed E-state index contributed by atoms with van der Waals surface area (Å²) in [7, 11) is -2.16. The van der Waals surface area contributed by atoms with Crippen LogP contribution in [0.1, 0.15) is 12.5 Å². The van der Waals surface area contributed by atoms with Crippen LogP contribution in [0.5, 0.6) is 5.75 Å². The van der Waals surface area contributed by atoms with Crippen LogP contribution < -0.4 is 20.1 Å². The van der Waals surface area contributed by atoms with Gasteiger partial charge in [0.2, 0.25) is 11.9 Å². The summed E-state index contributed by atoms with van der Waals surface area (Å²) in [4.78, 5) is 17.4. The third-order valence-corrected chi connectivity index (χ3v) is 5.56. The van der Waals surface area contributed by atoms with Crippen molar-refractivity contribution in [2.75, 3.05) is 25.8 Å². The molecule has 1 aliphatic rings. The van der Waals surface area contributed by atoms with E-state index in [9.17, 15) is 13.2 Å². The first-order chi connectivity index (χ1) is 13.9. The predicted octanol–water partition coefficient (Wildman–Crippen LogP) is 1.31. The summed E-state index contributed by atoms with van der Waals surface area (Å²) >= 11 is 0. The van der Waals surface area contributed by atoms with Gasteiger partial charge < -0.3 is 15.4 Å². The van der Waals surface area contributed by atoms with E-state index in [0.717, 1.165) is 11.3 Å². The number of nitrogens with zero attached hydrogens (tertiary/aromatic N) is 2. The van der Waals surface area contributed by atoms with E-state index < -0.39 is 10.0 Å². The number of ether oxygens (including phenoxy) is 1. The second-order valence-corrected chi connectivity index (χ2v) is 8.12. The fraction of sp³-hybridized carbons (Fsp3) is 0.263. The quantitative estimate of drug-likeness (QED) is 0.653. The Morgan fingerprint density at radius 3 is 2.55 bits per heavy atom. The van der Waals surface area contributed by atoms with Crippen molar-refractivity contribution in [3.63, 3.8) is 0 Å². The summed E-state index contributed by atoms with van der Waals surface area (Å²) in [6.07, 6.45) is 0. The van der Waals surface area contributed by atoms with Crippen LogP contribution in [0.3, 0.4) is 0 Å². The fourth-order valence-corrected chi connectivity index (χ4v) is 3.82. The molecule has 3 N–H and O–H groups in total. The number of nitrogens with one attached hydrogen (secondary N) is 3. The SMILES string of the molecule is COc1ccccc1CN1CN=C(NS(=O)(=O)c2ccc(NC(C)=O)cc2)NC1. The number of anilines is 1. The van der Waals surface area contributed by atoms with E-state index >= 15 is 0 Å². The molecule has 9 nitrogen and oxygen atoms in total. The molecule has 2 aromatic carbocycles. The number of guanidine groups is 1. The minimum Gasteiger partial charge on any atom is -0.496 e. The monoisotopic (exact) mass is 417 g/mol. The van der Waals surface area contributed by atoms with Crippen LogP contribution in [0.25, 0.3) is 0 Å². The van der Waals surface area contributed by atoms with Gasteiger partial charge in [-0.2, -0.15) is 0 Å². The lowest BCUT2D eigenvalue weighted by Gasteiger charge is -2.27. The van der Waals surface area contributed by atoms with Crippen molar-refractivity contribution >= 4 is 27.6 Å². The zero-order chi connectivity index (χ0) is 20.9. The van der Waals surface area contributed by atoms with Gasteiger partial charge in [-0.1, -0.05) is 18.2 Å². The number of amides is 1. The van der Waals surface area contributed by atoms with Crippen molar-refractivity contribution in [3.05, 3.63) is 54.1 Å². The molecule has 3 rings (SSSR count). The summed E-state index contributed by atoms with van der Waals surface area (Å²) in [5, 5.41) is 5.57. The number of carbonyl (C=O) groups excluding carboxylic acids is 1. The number of aliphatic imine (C=N–C) groups is 1. The van der Waals surface area contributed by atoms with Crippen LogP contribution >= 0.6 is 0 Å². The Morgan fingerprint density at radius 2 is 1.93 bits per heavy atom. The number of sulfonamides is 1. The number of methoxy groups -OCH3 is 1. The van der Waals surface area contributed by atoms with Crippen LogP contribution in [-0.4, -0.2) is 45.6 Å². The van der Waals surface area contributed by atoms with E-state index in [0.29, 0.717) is 25.6 Å². The molecule has 0 unspecified atom stereocenters. The summed E-state index contributed by atoms with van der Waals surface area (Å²) in [6, 6.07) is 13.6. The molecule has 0 bridgehead atoms. The molecule has 10 heteroatoms. The third-order valence-electron chi connectivity index (χ3n) is 4.20. The average molecular weight is 417 g/mol. The summed E-state index contributed by atoms with van der Waals surface area (Å²) < 4.78 is 32.9. The zero-order valence-electron chi connectivity index (χ0n) is 16.2. The molecule has 0 aliphatic carbocycles. The fourth-order valence-electron chi connectivity index (χ4n) is 2.82. The van der Waals surface area contributed by atoms with Crippen molar-refractivity contribution in [1.29, 1.82) is 0 Å². The molecular weight excluding hydrogens is 394 g/mol. The highest BCUT2D eigenvalue weighted by Crippen LogP contribution is 2.19. The predicted molar refractivity (Wildman–Crippen MR) is 110 cm³/mol. The molecule has 0 saturated heterocycles. The molecule has 29 heavy (non-hydrogen) atoms. The van der Waals surface area contributed by atoms with Gasteiger partial charge in [-0.05, 0) is 30.3 Å². The van der Waals surface area contributed by atoms with Gasteiger partial charge >= 0.3 is 0 Å². The zero-order valence-corrected chi connectivity index (χ0v) is 17.0. The molecule has 0 atom stereocenters. The Hall–Kier alpha value is -3.11. The largest absolute Gasteiger partial charge is 0.496 e. The van der Waals surface area contributed by atoms with Crippen LogP contribution in [0.4, 0.5) is 5.69 Å². The van der Waals surface area contributed by atoms with Crippen molar-refractivity contribution in [3.8, 4) is 5.75 Å². The van der Waals surface area contributed by atoms with Crippen molar-refractivity contribution in [2.45, 2.75) is 18.4 Å². The lowest BCUT2D eigenvalue weighted by molar-refractivity contribution is -0.114. The maximum atomic E-state index is 12.5. The van der Waals surface area contributed by atoms with Crippen LogP contribution in [0.2, 0.25) is 0 Å². The maximum Gasteiger partial charge on any atom is 0.264 e. The number of carbonyl (C=O) groups is 1. The van der Waals surface area contributed by atoms with Crippen LogP contribution in [0.15, 0.2) is 58.4 Å². The highest BCUT2D eigenvalue weighted by molar-refractivity contribution is 7.90. The first-order valence-electron chi connectivity index (χ1n) is 8.90. The lowest BCUT2D eigenvalue weighted by Crippen LogP contribution is -2.49. The second-order valence-electron chi connectivity index (χ2n) is 6.43. The van der Waals surface area contributed by atoms with E-state index in [-0.39, 0.29) is 16.8 Å². The molecule has 0 spiro atoms. The summed E-state index contributed by atoms with van der Waals surface area (Å²) in [5.41, 5.74) is 1.55. The van der Waals surface area contributed by atoms with Gasteiger partial charge in [0.1, 0.15) is 5.75 Å². The number of hydrogen-bond donors (Lipinski definition) is 3. The topological polar surface area (TPSA) is 112 Å². The van der Waals surface area contributed by atoms with E-state index in [4.69, 9.17) is 4.74 Å². The first kappa shape index (κ1) is 20.6. The lowest BCUT2D eigenvalue weighted by atomic mass is 10.2. The van der Waals surface area contributed by atoms with Crippen molar-refractivity contribution in [2.24, 2.45) is 4.99 Å². The van der Waals surface area contributed by atoms with Gasteiger partial charge in [-0.25, -0.2) is 18.1 Å². The standard InChI is InChI=1S/C19H23N5O4S/c1-14(25)22-16-7-9-17(10-8-16)29(26,27)23-19-20-12-24(13-21-19)11-15-5-3-4-6-18(15)28-2/h3-10H,11-13H2,1-2H3,(H,22,25)(H2,20,21,23). The first-order valence-corrected chi connectivity index (χ1v) is 10.4. The van der Waals surface area contributed by atoms with Gasteiger partial charge in [0, 0.05) is 24.7 Å². The van der Waals surface area contributed by atoms with Crippen molar-refractivity contribution in [1.82, 2.24) is 14.9 Å². The molecule has 154 valence electrons. The molecular formula is C19H23N5O4S. The van der Waals surface area contributed by atoms with Crippen LogP contribution in [-0.2, 0) is 21.4 Å². The minimum absolute atomic E-state index is 0.0764. The smallest absolute Gasteiger partial charge is 0.264 e. The second kappa shape index (κ2) is 8.93. The van der Waals surface area contributed by atoms with E-state index in [1.165, 1.54) is 31.2 Å². The molecule has 0 fully saturated rings. The number of benzene rings is 2. The highest BCUT2D eigenvalue weighted by atomic mass is 32.2. The molecule has 0 saturated carbocycles. The van der Waals surface area contributed by atoms with Gasteiger partial charge in [-0.3, -0.25) is 9.69 Å². The van der Waals surface area contributed by atoms with E-state index in [1.54, 1.807) is 7.11 Å². The number of hydrogen-bond acceptors (Lipinski definition) is 7.